The molecule has 0 bridgehead atoms. The average molecular weight is 315 g/mol. The van der Waals surface area contributed by atoms with Crippen LogP contribution in [0, 0.1) is 0 Å². The SMILES string of the molecule is [B]c1ccc(-n2c3ccccc3c3ccccc32)c(S(C)=O)c1. The molecule has 0 saturated heterocycles. The van der Waals surface area contributed by atoms with Gasteiger partial charge in [0, 0.05) is 17.0 Å². The van der Waals surface area contributed by atoms with Gasteiger partial charge in [0.25, 0.3) is 0 Å². The lowest BCUT2D eigenvalue weighted by molar-refractivity contribution is 0.686. The lowest BCUT2D eigenvalue weighted by Crippen LogP contribution is -2.08. The van der Waals surface area contributed by atoms with Gasteiger partial charge in [0.15, 0.2) is 0 Å². The Labute approximate surface area is 138 Å². The number of fused-ring (bicyclic) bond motifs is 3. The second-order valence-electron chi connectivity index (χ2n) is 5.55. The second kappa shape index (κ2) is 5.39. The molecular weight excluding hydrogens is 301 g/mol. The molecule has 23 heavy (non-hydrogen) atoms. The molecule has 0 fully saturated rings. The first-order valence-electron chi connectivity index (χ1n) is 7.38. The molecule has 1 atom stereocenters. The van der Waals surface area contributed by atoms with Crippen molar-refractivity contribution in [3.05, 3.63) is 66.7 Å². The Balaban J connectivity index is 2.19. The smallest absolute Gasteiger partial charge is 0.113 e. The molecule has 1 unspecified atom stereocenters. The summed E-state index contributed by atoms with van der Waals surface area (Å²) in [6.45, 7) is 0. The number of nitrogens with zero attached hydrogens (tertiary/aromatic N) is 1. The number of para-hydroxylation sites is 2. The highest BCUT2D eigenvalue weighted by atomic mass is 32.2. The molecular formula is C19H14BNOS. The summed E-state index contributed by atoms with van der Waals surface area (Å²) in [5.74, 6) is 0. The number of rotatable bonds is 2. The lowest BCUT2D eigenvalue weighted by Gasteiger charge is -2.13. The Kier molecular flexibility index (Phi) is 3.35. The first-order valence-corrected chi connectivity index (χ1v) is 8.94. The molecule has 110 valence electrons. The van der Waals surface area contributed by atoms with Crippen molar-refractivity contribution in [2.24, 2.45) is 0 Å². The highest BCUT2D eigenvalue weighted by molar-refractivity contribution is 7.84. The van der Waals surface area contributed by atoms with Gasteiger partial charge in [0.1, 0.15) is 7.85 Å². The third-order valence-corrected chi connectivity index (χ3v) is 5.06. The summed E-state index contributed by atoms with van der Waals surface area (Å²) in [4.78, 5) is 0.747. The first-order chi connectivity index (χ1) is 11.2. The molecule has 0 saturated carbocycles. The van der Waals surface area contributed by atoms with Crippen LogP contribution in [0.25, 0.3) is 27.5 Å². The largest absolute Gasteiger partial charge is 0.308 e. The predicted octanol–water partition coefficient (Wildman–Crippen LogP) is 3.31. The van der Waals surface area contributed by atoms with E-state index < -0.39 is 10.8 Å². The van der Waals surface area contributed by atoms with Crippen LogP contribution < -0.4 is 5.46 Å². The monoisotopic (exact) mass is 315 g/mol. The maximum Gasteiger partial charge on any atom is 0.113 e. The number of hydrogen-bond donors (Lipinski definition) is 0. The minimum Gasteiger partial charge on any atom is -0.308 e. The van der Waals surface area contributed by atoms with Crippen molar-refractivity contribution in [1.82, 2.24) is 4.57 Å². The maximum atomic E-state index is 12.2. The van der Waals surface area contributed by atoms with Gasteiger partial charge in [-0.25, -0.2) is 0 Å². The number of benzene rings is 3. The third-order valence-electron chi connectivity index (χ3n) is 4.11. The van der Waals surface area contributed by atoms with Gasteiger partial charge in [0.05, 0.1) is 32.4 Å². The molecule has 2 radical (unpaired) electrons. The van der Waals surface area contributed by atoms with Gasteiger partial charge < -0.3 is 4.57 Å². The van der Waals surface area contributed by atoms with Crippen LogP contribution in [0.2, 0.25) is 0 Å². The normalized spacial score (nSPS) is 12.7. The quantitative estimate of drug-likeness (QED) is 0.520. The van der Waals surface area contributed by atoms with Gasteiger partial charge in [-0.2, -0.15) is 0 Å². The van der Waals surface area contributed by atoms with Crippen molar-refractivity contribution in [2.75, 3.05) is 6.26 Å². The van der Waals surface area contributed by atoms with Gasteiger partial charge in [0.2, 0.25) is 0 Å². The van der Waals surface area contributed by atoms with Crippen LogP contribution in [0.1, 0.15) is 0 Å². The minimum absolute atomic E-state index is 0.625. The van der Waals surface area contributed by atoms with E-state index in [2.05, 4.69) is 28.8 Å². The molecule has 0 amide bonds. The fourth-order valence-corrected chi connectivity index (χ4v) is 3.88. The van der Waals surface area contributed by atoms with E-state index in [0.717, 1.165) is 21.6 Å². The first kappa shape index (κ1) is 14.3. The Morgan fingerprint density at radius 2 is 1.43 bits per heavy atom. The van der Waals surface area contributed by atoms with Gasteiger partial charge in [-0.1, -0.05) is 54.0 Å². The molecule has 1 aromatic heterocycles. The predicted molar refractivity (Wildman–Crippen MR) is 98.5 cm³/mol. The molecule has 1 heterocycles. The molecule has 2 nitrogen and oxygen atoms in total. The van der Waals surface area contributed by atoms with Crippen molar-refractivity contribution in [3.63, 3.8) is 0 Å². The van der Waals surface area contributed by atoms with Crippen LogP contribution in [0.3, 0.4) is 0 Å². The number of aromatic nitrogens is 1. The molecule has 0 aliphatic carbocycles. The summed E-state index contributed by atoms with van der Waals surface area (Å²) in [6.07, 6.45) is 1.69. The van der Waals surface area contributed by atoms with E-state index in [0.29, 0.717) is 5.46 Å². The molecule has 3 aromatic carbocycles. The van der Waals surface area contributed by atoms with E-state index in [4.69, 9.17) is 7.85 Å². The Morgan fingerprint density at radius 3 is 2.00 bits per heavy atom. The molecule has 0 spiro atoms. The minimum atomic E-state index is -1.12. The van der Waals surface area contributed by atoms with E-state index in [1.807, 2.05) is 36.4 Å². The highest BCUT2D eigenvalue weighted by Crippen LogP contribution is 2.33. The lowest BCUT2D eigenvalue weighted by atomic mass is 9.96. The van der Waals surface area contributed by atoms with E-state index in [9.17, 15) is 4.21 Å². The van der Waals surface area contributed by atoms with Crippen LogP contribution in [0.15, 0.2) is 71.6 Å². The van der Waals surface area contributed by atoms with Gasteiger partial charge in [-0.3, -0.25) is 4.21 Å². The molecule has 0 aliphatic rings. The number of hydrogen-bond acceptors (Lipinski definition) is 1. The standard InChI is InChI=1S/C19H14BNOS/c1-23(22)19-12-13(20)10-11-18(19)21-16-8-4-2-6-14(16)15-7-3-5-9-17(15)21/h2-12H,1H3. The molecule has 0 aliphatic heterocycles. The average Bonchev–Trinajstić information content (AvgIpc) is 2.89. The van der Waals surface area contributed by atoms with Crippen LogP contribution in [-0.4, -0.2) is 22.9 Å². The topological polar surface area (TPSA) is 22.0 Å². The third kappa shape index (κ3) is 2.22. The Hall–Kier alpha value is -2.33. The fourth-order valence-electron chi connectivity index (χ4n) is 3.13. The second-order valence-corrected chi connectivity index (χ2v) is 6.90. The molecule has 4 aromatic rings. The van der Waals surface area contributed by atoms with Gasteiger partial charge in [-0.15, -0.1) is 0 Å². The van der Waals surface area contributed by atoms with Crippen LogP contribution in [0.5, 0.6) is 0 Å². The maximum absolute atomic E-state index is 12.2. The van der Waals surface area contributed by atoms with Gasteiger partial charge in [-0.05, 0) is 18.2 Å². The van der Waals surface area contributed by atoms with Crippen molar-refractivity contribution in [1.29, 1.82) is 0 Å². The molecule has 4 heteroatoms. The van der Waals surface area contributed by atoms with Crippen molar-refractivity contribution >= 4 is 45.9 Å². The molecule has 4 rings (SSSR count). The van der Waals surface area contributed by atoms with Crippen LogP contribution in [0.4, 0.5) is 0 Å². The Bertz CT molecular complexity index is 1010. The van der Waals surface area contributed by atoms with Crippen molar-refractivity contribution in [2.45, 2.75) is 4.90 Å². The highest BCUT2D eigenvalue weighted by Gasteiger charge is 2.15. The summed E-state index contributed by atoms with van der Waals surface area (Å²) in [5, 5.41) is 2.38. The zero-order valence-corrected chi connectivity index (χ0v) is 13.5. The zero-order chi connectivity index (χ0) is 16.0. The summed E-state index contributed by atoms with van der Waals surface area (Å²) < 4.78 is 14.4. The van der Waals surface area contributed by atoms with Crippen LogP contribution >= 0.6 is 0 Å². The van der Waals surface area contributed by atoms with E-state index in [1.54, 1.807) is 12.3 Å². The van der Waals surface area contributed by atoms with E-state index in [-0.39, 0.29) is 0 Å². The fraction of sp³-hybridized carbons (Fsp3) is 0.0526. The summed E-state index contributed by atoms with van der Waals surface area (Å²) >= 11 is 0. The molecule has 0 N–H and O–H groups in total. The summed E-state index contributed by atoms with van der Waals surface area (Å²) in [6, 6.07) is 22.2. The zero-order valence-electron chi connectivity index (χ0n) is 12.7. The van der Waals surface area contributed by atoms with Crippen molar-refractivity contribution in [3.8, 4) is 5.69 Å². The van der Waals surface area contributed by atoms with E-state index in [1.165, 1.54) is 10.8 Å². The van der Waals surface area contributed by atoms with Crippen LogP contribution in [-0.2, 0) is 10.8 Å². The summed E-state index contributed by atoms with van der Waals surface area (Å²) in [5.41, 5.74) is 3.74. The Morgan fingerprint density at radius 1 is 0.870 bits per heavy atom. The van der Waals surface area contributed by atoms with Crippen molar-refractivity contribution < 1.29 is 4.21 Å². The van der Waals surface area contributed by atoms with E-state index >= 15 is 0 Å². The van der Waals surface area contributed by atoms with Gasteiger partial charge >= 0.3 is 0 Å². The summed E-state index contributed by atoms with van der Waals surface area (Å²) in [7, 11) is 4.78.